The van der Waals surface area contributed by atoms with Gasteiger partial charge in [-0.2, -0.15) is 0 Å². The lowest BCUT2D eigenvalue weighted by molar-refractivity contribution is 0.275. The standard InChI is InChI=1S/C25H49N3/c1-4-6-8-10-12-14-16-20-28(21-17-15-13-11-9-7-5-2)23-24(3)27-25-18-19-26-22-25/h18-19,25-27H,3-17,20-23H2,1-2H3. The topological polar surface area (TPSA) is 27.3 Å². The largest absolute Gasteiger partial charge is 0.389 e. The van der Waals surface area contributed by atoms with Crippen LogP contribution in [0.5, 0.6) is 0 Å². The Bertz CT molecular complexity index is 373. The van der Waals surface area contributed by atoms with Crippen molar-refractivity contribution >= 4 is 0 Å². The lowest BCUT2D eigenvalue weighted by Gasteiger charge is -2.25. The van der Waals surface area contributed by atoms with E-state index in [1.54, 1.807) is 0 Å². The summed E-state index contributed by atoms with van der Waals surface area (Å²) in [6.07, 6.45) is 23.6. The van der Waals surface area contributed by atoms with E-state index in [2.05, 4.69) is 42.0 Å². The fraction of sp³-hybridized carbons (Fsp3) is 0.840. The first kappa shape index (κ1) is 25.1. The summed E-state index contributed by atoms with van der Waals surface area (Å²) >= 11 is 0. The fourth-order valence-corrected chi connectivity index (χ4v) is 3.98. The molecule has 3 heteroatoms. The van der Waals surface area contributed by atoms with Crippen molar-refractivity contribution < 1.29 is 0 Å². The summed E-state index contributed by atoms with van der Waals surface area (Å²) in [7, 11) is 0. The van der Waals surface area contributed by atoms with Gasteiger partial charge in [-0.25, -0.2) is 0 Å². The Labute approximate surface area is 176 Å². The van der Waals surface area contributed by atoms with E-state index in [0.717, 1.165) is 13.1 Å². The van der Waals surface area contributed by atoms with Crippen LogP contribution >= 0.6 is 0 Å². The van der Waals surface area contributed by atoms with Crippen LogP contribution in [0, 0.1) is 0 Å². The Morgan fingerprint density at radius 1 is 0.857 bits per heavy atom. The zero-order valence-corrected chi connectivity index (χ0v) is 19.1. The molecule has 0 saturated heterocycles. The van der Waals surface area contributed by atoms with Gasteiger partial charge in [-0.05, 0) is 38.2 Å². The lowest BCUT2D eigenvalue weighted by Crippen LogP contribution is -2.37. The number of unbranched alkanes of at least 4 members (excludes halogenated alkanes) is 12. The minimum absolute atomic E-state index is 0.409. The predicted octanol–water partition coefficient (Wildman–Crippen LogP) is 6.38. The summed E-state index contributed by atoms with van der Waals surface area (Å²) in [4.78, 5) is 2.64. The summed E-state index contributed by atoms with van der Waals surface area (Å²) < 4.78 is 0. The van der Waals surface area contributed by atoms with Gasteiger partial charge in [0.05, 0.1) is 6.04 Å². The zero-order valence-electron chi connectivity index (χ0n) is 19.1. The van der Waals surface area contributed by atoms with Gasteiger partial charge in [0.15, 0.2) is 0 Å². The molecule has 1 aliphatic heterocycles. The van der Waals surface area contributed by atoms with Gasteiger partial charge in [0, 0.05) is 18.8 Å². The molecule has 0 fully saturated rings. The molecule has 164 valence electrons. The van der Waals surface area contributed by atoms with E-state index >= 15 is 0 Å². The first-order chi connectivity index (χ1) is 13.8. The van der Waals surface area contributed by atoms with Gasteiger partial charge in [-0.15, -0.1) is 0 Å². The first-order valence-electron chi connectivity index (χ1n) is 12.3. The van der Waals surface area contributed by atoms with Crippen LogP contribution in [-0.2, 0) is 0 Å². The molecule has 0 bridgehead atoms. The Hall–Kier alpha value is -0.960. The molecule has 1 heterocycles. The summed E-state index contributed by atoms with van der Waals surface area (Å²) in [5.74, 6) is 0. The molecule has 0 aliphatic carbocycles. The quantitative estimate of drug-likeness (QED) is 0.236. The maximum atomic E-state index is 4.30. The highest BCUT2D eigenvalue weighted by Gasteiger charge is 2.11. The van der Waals surface area contributed by atoms with Gasteiger partial charge in [-0.1, -0.05) is 97.5 Å². The van der Waals surface area contributed by atoms with Crippen LogP contribution in [0.1, 0.15) is 104 Å². The van der Waals surface area contributed by atoms with Crippen LogP contribution < -0.4 is 10.6 Å². The maximum absolute atomic E-state index is 4.30. The van der Waals surface area contributed by atoms with E-state index in [-0.39, 0.29) is 0 Å². The molecule has 0 aromatic rings. The number of hydrogen-bond acceptors (Lipinski definition) is 3. The number of hydrogen-bond donors (Lipinski definition) is 2. The summed E-state index contributed by atoms with van der Waals surface area (Å²) in [6, 6.07) is 0.409. The number of nitrogens with one attached hydrogen (secondary N) is 2. The van der Waals surface area contributed by atoms with Crippen molar-refractivity contribution in [2.24, 2.45) is 0 Å². The van der Waals surface area contributed by atoms with Crippen molar-refractivity contribution in [2.45, 2.75) is 110 Å². The van der Waals surface area contributed by atoms with Gasteiger partial charge in [0.2, 0.25) is 0 Å². The molecule has 2 N–H and O–H groups in total. The van der Waals surface area contributed by atoms with E-state index in [1.165, 1.54) is 109 Å². The molecule has 1 atom stereocenters. The van der Waals surface area contributed by atoms with Crippen molar-refractivity contribution in [3.05, 3.63) is 24.6 Å². The summed E-state index contributed by atoms with van der Waals surface area (Å²) in [5.41, 5.74) is 1.17. The third-order valence-electron chi connectivity index (χ3n) is 5.74. The van der Waals surface area contributed by atoms with Crippen molar-refractivity contribution in [1.29, 1.82) is 0 Å². The van der Waals surface area contributed by atoms with Gasteiger partial charge < -0.3 is 10.6 Å². The Balaban J connectivity index is 2.21. The van der Waals surface area contributed by atoms with E-state index in [4.69, 9.17) is 0 Å². The van der Waals surface area contributed by atoms with Crippen LogP contribution in [-0.4, -0.2) is 37.1 Å². The minimum Gasteiger partial charge on any atom is -0.389 e. The molecular weight excluding hydrogens is 342 g/mol. The zero-order chi connectivity index (χ0) is 20.3. The summed E-state index contributed by atoms with van der Waals surface area (Å²) in [6.45, 7) is 13.3. The molecule has 1 unspecified atom stereocenters. The molecule has 0 amide bonds. The molecule has 0 spiro atoms. The molecule has 0 aromatic heterocycles. The van der Waals surface area contributed by atoms with Crippen LogP contribution in [0.25, 0.3) is 0 Å². The minimum atomic E-state index is 0.409. The predicted molar refractivity (Wildman–Crippen MR) is 126 cm³/mol. The molecule has 1 rings (SSSR count). The Morgan fingerprint density at radius 3 is 1.82 bits per heavy atom. The smallest absolute Gasteiger partial charge is 0.0631 e. The Morgan fingerprint density at radius 2 is 1.36 bits per heavy atom. The molecule has 28 heavy (non-hydrogen) atoms. The molecule has 0 radical (unpaired) electrons. The van der Waals surface area contributed by atoms with Crippen molar-refractivity contribution in [3.63, 3.8) is 0 Å². The van der Waals surface area contributed by atoms with E-state index in [9.17, 15) is 0 Å². The highest BCUT2D eigenvalue weighted by molar-refractivity contribution is 5.07. The Kier molecular flexibility index (Phi) is 16.2. The molecular formula is C25H49N3. The van der Waals surface area contributed by atoms with Crippen LogP contribution in [0.15, 0.2) is 24.6 Å². The van der Waals surface area contributed by atoms with Crippen molar-refractivity contribution in [3.8, 4) is 0 Å². The van der Waals surface area contributed by atoms with Crippen LogP contribution in [0.3, 0.4) is 0 Å². The maximum Gasteiger partial charge on any atom is 0.0631 e. The third kappa shape index (κ3) is 14.1. The summed E-state index contributed by atoms with van der Waals surface area (Å²) in [5, 5.41) is 6.83. The average molecular weight is 392 g/mol. The lowest BCUT2D eigenvalue weighted by atomic mass is 10.1. The molecule has 3 nitrogen and oxygen atoms in total. The fourth-order valence-electron chi connectivity index (χ4n) is 3.98. The second-order valence-corrected chi connectivity index (χ2v) is 8.64. The van der Waals surface area contributed by atoms with E-state index in [0.29, 0.717) is 6.04 Å². The highest BCUT2D eigenvalue weighted by Crippen LogP contribution is 2.11. The molecule has 1 aliphatic rings. The van der Waals surface area contributed by atoms with Crippen LogP contribution in [0.2, 0.25) is 0 Å². The third-order valence-corrected chi connectivity index (χ3v) is 5.74. The normalized spacial score (nSPS) is 15.9. The van der Waals surface area contributed by atoms with Crippen molar-refractivity contribution in [2.75, 3.05) is 26.2 Å². The van der Waals surface area contributed by atoms with E-state index < -0.39 is 0 Å². The number of nitrogens with zero attached hydrogens (tertiary/aromatic N) is 1. The average Bonchev–Trinajstić information content (AvgIpc) is 3.19. The number of rotatable bonds is 20. The second kappa shape index (κ2) is 18.1. The van der Waals surface area contributed by atoms with Crippen molar-refractivity contribution in [1.82, 2.24) is 15.5 Å². The monoisotopic (exact) mass is 391 g/mol. The first-order valence-corrected chi connectivity index (χ1v) is 12.3. The highest BCUT2D eigenvalue weighted by atomic mass is 15.1. The SMILES string of the molecule is C=C(CN(CCCCCCCCC)CCCCCCCCC)NC1C=CNC1. The molecule has 0 saturated carbocycles. The van der Waals surface area contributed by atoms with Gasteiger partial charge in [-0.3, -0.25) is 4.90 Å². The van der Waals surface area contributed by atoms with Gasteiger partial charge >= 0.3 is 0 Å². The van der Waals surface area contributed by atoms with Gasteiger partial charge in [0.1, 0.15) is 0 Å². The van der Waals surface area contributed by atoms with E-state index in [1.807, 2.05) is 6.20 Å². The molecule has 0 aromatic carbocycles. The second-order valence-electron chi connectivity index (χ2n) is 8.64. The van der Waals surface area contributed by atoms with Crippen LogP contribution in [0.4, 0.5) is 0 Å². The van der Waals surface area contributed by atoms with Gasteiger partial charge in [0.25, 0.3) is 0 Å².